The summed E-state index contributed by atoms with van der Waals surface area (Å²) >= 11 is 6.24. The van der Waals surface area contributed by atoms with Gasteiger partial charge in [0.05, 0.1) is 16.9 Å². The van der Waals surface area contributed by atoms with Crippen molar-refractivity contribution in [2.75, 3.05) is 23.3 Å². The lowest BCUT2D eigenvalue weighted by atomic mass is 10.0. The van der Waals surface area contributed by atoms with Crippen molar-refractivity contribution in [1.29, 1.82) is 0 Å². The SMILES string of the molecule is O=C1OCc2cc(NC(=O)C(Cc3ccccc3)N3CC(=O)N(c4cc(Cl)ccc4-n4cnnn4)CC3=O)ccc21. The van der Waals surface area contributed by atoms with Crippen LogP contribution in [0, 0.1) is 0 Å². The molecule has 4 aromatic rings. The number of carbonyl (C=O) groups excluding carboxylic acids is 4. The lowest BCUT2D eigenvalue weighted by Crippen LogP contribution is -2.60. The zero-order valence-electron chi connectivity index (χ0n) is 21.4. The molecular formula is C28H22ClN7O5. The molecule has 1 unspecified atom stereocenters. The molecule has 0 spiro atoms. The molecule has 1 saturated heterocycles. The van der Waals surface area contributed by atoms with E-state index in [9.17, 15) is 19.2 Å². The number of amides is 3. The molecule has 3 amide bonds. The van der Waals surface area contributed by atoms with E-state index in [0.717, 1.165) is 5.56 Å². The third kappa shape index (κ3) is 5.24. The Morgan fingerprint density at radius 2 is 1.80 bits per heavy atom. The second-order valence-electron chi connectivity index (χ2n) is 9.53. The number of hydrogen-bond acceptors (Lipinski definition) is 8. The van der Waals surface area contributed by atoms with Gasteiger partial charge in [0.1, 0.15) is 32.1 Å². The van der Waals surface area contributed by atoms with Crippen LogP contribution in [0.4, 0.5) is 11.4 Å². The van der Waals surface area contributed by atoms with E-state index in [-0.39, 0.29) is 26.1 Å². The van der Waals surface area contributed by atoms with Gasteiger partial charge in [-0.25, -0.2) is 4.79 Å². The minimum absolute atomic E-state index is 0.121. The molecule has 2 aliphatic heterocycles. The monoisotopic (exact) mass is 571 g/mol. The number of aromatic nitrogens is 4. The summed E-state index contributed by atoms with van der Waals surface area (Å²) in [6.07, 6.45) is 1.56. The summed E-state index contributed by atoms with van der Waals surface area (Å²) in [4.78, 5) is 55.2. The summed E-state index contributed by atoms with van der Waals surface area (Å²) in [6, 6.07) is 18.0. The van der Waals surface area contributed by atoms with Crippen LogP contribution in [-0.4, -0.2) is 67.9 Å². The van der Waals surface area contributed by atoms with Crippen LogP contribution in [0.15, 0.2) is 73.1 Å². The topological polar surface area (TPSA) is 140 Å². The molecule has 41 heavy (non-hydrogen) atoms. The fourth-order valence-corrected chi connectivity index (χ4v) is 5.10. The zero-order chi connectivity index (χ0) is 28.5. The van der Waals surface area contributed by atoms with Gasteiger partial charge in [-0.15, -0.1) is 5.10 Å². The van der Waals surface area contributed by atoms with Crippen LogP contribution in [0.5, 0.6) is 0 Å². The fourth-order valence-electron chi connectivity index (χ4n) is 4.93. The van der Waals surface area contributed by atoms with Gasteiger partial charge < -0.3 is 15.0 Å². The van der Waals surface area contributed by atoms with E-state index in [0.29, 0.717) is 33.2 Å². The molecule has 12 nitrogen and oxygen atoms in total. The van der Waals surface area contributed by atoms with Crippen LogP contribution in [0.3, 0.4) is 0 Å². The molecule has 206 valence electrons. The van der Waals surface area contributed by atoms with Crippen LogP contribution in [0.1, 0.15) is 21.5 Å². The Balaban J connectivity index is 1.28. The predicted molar refractivity (Wildman–Crippen MR) is 146 cm³/mol. The third-order valence-electron chi connectivity index (χ3n) is 6.95. The number of tetrazole rings is 1. The number of cyclic esters (lactones) is 1. The van der Waals surface area contributed by atoms with E-state index >= 15 is 0 Å². The zero-order valence-corrected chi connectivity index (χ0v) is 22.2. The Morgan fingerprint density at radius 1 is 0.976 bits per heavy atom. The van der Waals surface area contributed by atoms with E-state index in [1.165, 1.54) is 20.8 Å². The molecule has 1 fully saturated rings. The molecule has 13 heteroatoms. The number of rotatable bonds is 7. The highest BCUT2D eigenvalue weighted by molar-refractivity contribution is 6.31. The Kier molecular flexibility index (Phi) is 6.89. The van der Waals surface area contributed by atoms with E-state index in [2.05, 4.69) is 20.8 Å². The van der Waals surface area contributed by atoms with E-state index in [1.54, 1.807) is 36.4 Å². The number of carbonyl (C=O) groups is 4. The van der Waals surface area contributed by atoms with Gasteiger partial charge in [-0.05, 0) is 52.4 Å². The number of esters is 1. The number of piperazine rings is 1. The molecule has 0 aliphatic carbocycles. The fraction of sp³-hybridized carbons (Fsp3) is 0.179. The second kappa shape index (κ2) is 10.8. The standard InChI is InChI=1S/C28H22ClN7O5/c29-19-6-9-22(36-16-30-32-33-36)23(12-19)34-13-26(38)35(14-25(34)37)24(10-17-4-2-1-3-5-17)27(39)31-20-7-8-21-18(11-20)15-41-28(21)40/h1-9,11-12,16,24H,10,13-15H2,(H,31,39). The van der Waals surface area contributed by atoms with E-state index in [1.807, 2.05) is 30.3 Å². The Bertz CT molecular complexity index is 1660. The lowest BCUT2D eigenvalue weighted by Gasteiger charge is -2.38. The molecule has 6 rings (SSSR count). The minimum Gasteiger partial charge on any atom is -0.457 e. The van der Waals surface area contributed by atoms with Gasteiger partial charge >= 0.3 is 5.97 Å². The first-order valence-corrected chi connectivity index (χ1v) is 13.0. The van der Waals surface area contributed by atoms with Crippen molar-refractivity contribution in [3.05, 3.63) is 94.8 Å². The number of nitrogens with one attached hydrogen (secondary N) is 1. The Hall–Kier alpha value is -5.10. The van der Waals surface area contributed by atoms with Gasteiger partial charge in [0, 0.05) is 22.7 Å². The maximum Gasteiger partial charge on any atom is 0.338 e. The van der Waals surface area contributed by atoms with Crippen molar-refractivity contribution >= 4 is 46.7 Å². The highest BCUT2D eigenvalue weighted by Gasteiger charge is 2.39. The normalized spacial score (nSPS) is 15.5. The van der Waals surface area contributed by atoms with Crippen LogP contribution < -0.4 is 10.2 Å². The van der Waals surface area contributed by atoms with Crippen molar-refractivity contribution < 1.29 is 23.9 Å². The number of halogens is 1. The number of benzene rings is 3. The van der Waals surface area contributed by atoms with E-state index in [4.69, 9.17) is 16.3 Å². The maximum absolute atomic E-state index is 13.7. The molecule has 3 aromatic carbocycles. The summed E-state index contributed by atoms with van der Waals surface area (Å²) in [6.45, 7) is -0.528. The highest BCUT2D eigenvalue weighted by atomic mass is 35.5. The number of ether oxygens (including phenoxy) is 1. The van der Waals surface area contributed by atoms with Crippen molar-refractivity contribution in [1.82, 2.24) is 25.1 Å². The Morgan fingerprint density at radius 3 is 2.59 bits per heavy atom. The van der Waals surface area contributed by atoms with Crippen molar-refractivity contribution in [3.8, 4) is 5.69 Å². The molecule has 1 aromatic heterocycles. The Labute approximate surface area is 238 Å². The van der Waals surface area contributed by atoms with Crippen molar-refractivity contribution in [3.63, 3.8) is 0 Å². The number of fused-ring (bicyclic) bond motifs is 1. The largest absolute Gasteiger partial charge is 0.457 e. The summed E-state index contributed by atoms with van der Waals surface area (Å²) < 4.78 is 6.42. The second-order valence-corrected chi connectivity index (χ2v) is 9.97. The summed E-state index contributed by atoms with van der Waals surface area (Å²) in [5.41, 5.74) is 3.20. The summed E-state index contributed by atoms with van der Waals surface area (Å²) in [5.74, 6) is -1.70. The van der Waals surface area contributed by atoms with Gasteiger partial charge in [-0.1, -0.05) is 41.9 Å². The van der Waals surface area contributed by atoms with Gasteiger partial charge in [0.15, 0.2) is 0 Å². The molecule has 0 saturated carbocycles. The van der Waals surface area contributed by atoms with Crippen LogP contribution >= 0.6 is 11.6 Å². The highest BCUT2D eigenvalue weighted by Crippen LogP contribution is 2.30. The maximum atomic E-state index is 13.7. The van der Waals surface area contributed by atoms with Gasteiger partial charge in [0.2, 0.25) is 17.7 Å². The lowest BCUT2D eigenvalue weighted by molar-refractivity contribution is -0.143. The molecular weight excluding hydrogens is 550 g/mol. The number of hydrogen-bond donors (Lipinski definition) is 1. The number of nitrogens with zero attached hydrogens (tertiary/aromatic N) is 6. The van der Waals surface area contributed by atoms with Crippen molar-refractivity contribution in [2.24, 2.45) is 0 Å². The summed E-state index contributed by atoms with van der Waals surface area (Å²) in [7, 11) is 0. The predicted octanol–water partition coefficient (Wildman–Crippen LogP) is 2.41. The molecule has 1 N–H and O–H groups in total. The third-order valence-corrected chi connectivity index (χ3v) is 7.18. The molecule has 0 radical (unpaired) electrons. The van der Waals surface area contributed by atoms with Crippen LogP contribution in [-0.2, 0) is 32.1 Å². The van der Waals surface area contributed by atoms with Gasteiger partial charge in [0.25, 0.3) is 0 Å². The molecule has 3 heterocycles. The minimum atomic E-state index is -0.986. The van der Waals surface area contributed by atoms with Crippen LogP contribution in [0.2, 0.25) is 5.02 Å². The first-order chi connectivity index (χ1) is 19.9. The average molecular weight is 572 g/mol. The first kappa shape index (κ1) is 26.1. The quantitative estimate of drug-likeness (QED) is 0.334. The number of anilines is 2. The molecule has 0 bridgehead atoms. The van der Waals surface area contributed by atoms with Crippen LogP contribution in [0.25, 0.3) is 5.69 Å². The van der Waals surface area contributed by atoms with Gasteiger partial charge in [-0.3, -0.25) is 19.3 Å². The van der Waals surface area contributed by atoms with Gasteiger partial charge in [-0.2, -0.15) is 4.68 Å². The summed E-state index contributed by atoms with van der Waals surface area (Å²) in [5, 5.41) is 14.4. The molecule has 2 aliphatic rings. The smallest absolute Gasteiger partial charge is 0.338 e. The average Bonchev–Trinajstić information content (AvgIpc) is 3.63. The molecule has 1 atom stereocenters. The van der Waals surface area contributed by atoms with Crippen molar-refractivity contribution in [2.45, 2.75) is 19.1 Å². The van der Waals surface area contributed by atoms with E-state index < -0.39 is 29.7 Å². The first-order valence-electron chi connectivity index (χ1n) is 12.6.